The van der Waals surface area contributed by atoms with Crippen LogP contribution in [0, 0.1) is 0 Å². The van der Waals surface area contributed by atoms with Crippen molar-refractivity contribution in [2.45, 2.75) is 37.9 Å². The van der Waals surface area contributed by atoms with Crippen LogP contribution in [0.25, 0.3) is 0 Å². The second kappa shape index (κ2) is 4.23. The Balaban J connectivity index is 1.56. The van der Waals surface area contributed by atoms with Gasteiger partial charge in [0.2, 0.25) is 0 Å². The summed E-state index contributed by atoms with van der Waals surface area (Å²) in [6.45, 7) is 7.83. The monoisotopic (exact) mass is 271 g/mol. The lowest BCUT2D eigenvalue weighted by Gasteiger charge is -2.46. The topological polar surface area (TPSA) is 44.3 Å². The van der Waals surface area contributed by atoms with Crippen LogP contribution in [0.4, 0.5) is 0 Å². The van der Waals surface area contributed by atoms with Crippen LogP contribution >= 0.6 is 0 Å². The molecule has 3 saturated heterocycles. The van der Waals surface area contributed by atoms with Crippen molar-refractivity contribution in [3.05, 3.63) is 22.8 Å². The van der Waals surface area contributed by atoms with Gasteiger partial charge in [-0.2, -0.15) is 0 Å². The molecule has 0 amide bonds. The summed E-state index contributed by atoms with van der Waals surface area (Å²) in [5.41, 5.74) is 4.05. The van der Waals surface area contributed by atoms with Crippen LogP contribution in [0.2, 0.25) is 0 Å². The number of hydrogen-bond acceptors (Lipinski definition) is 5. The molecular formula is C15H21N5. The Bertz CT molecular complexity index is 545. The van der Waals surface area contributed by atoms with Crippen molar-refractivity contribution in [2.75, 3.05) is 32.7 Å². The smallest absolute Gasteiger partial charge is 0.147 e. The zero-order valence-electron chi connectivity index (χ0n) is 11.8. The van der Waals surface area contributed by atoms with Crippen molar-refractivity contribution < 1.29 is 0 Å². The highest BCUT2D eigenvalue weighted by Gasteiger charge is 2.37. The lowest BCUT2D eigenvalue weighted by Crippen LogP contribution is -2.57. The van der Waals surface area contributed by atoms with Crippen molar-refractivity contribution in [1.82, 2.24) is 25.1 Å². The maximum Gasteiger partial charge on any atom is 0.147 e. The molecule has 5 heterocycles. The van der Waals surface area contributed by atoms with Gasteiger partial charge >= 0.3 is 0 Å². The summed E-state index contributed by atoms with van der Waals surface area (Å²) in [6.07, 6.45) is 2.65. The molecule has 1 atom stereocenters. The zero-order valence-corrected chi connectivity index (χ0v) is 11.8. The zero-order chi connectivity index (χ0) is 13.1. The van der Waals surface area contributed by atoms with E-state index in [1.807, 2.05) is 0 Å². The molecule has 5 nitrogen and oxygen atoms in total. The van der Waals surface area contributed by atoms with Crippen molar-refractivity contribution >= 4 is 0 Å². The van der Waals surface area contributed by atoms with E-state index in [9.17, 15) is 0 Å². The minimum Gasteiger partial charge on any atom is -0.307 e. The molecule has 5 heteroatoms. The molecule has 20 heavy (non-hydrogen) atoms. The van der Waals surface area contributed by atoms with Gasteiger partial charge in [-0.1, -0.05) is 0 Å². The number of nitrogens with one attached hydrogen (secondary N) is 1. The van der Waals surface area contributed by atoms with Gasteiger partial charge in [-0.3, -0.25) is 9.80 Å². The van der Waals surface area contributed by atoms with Crippen molar-refractivity contribution in [3.8, 4) is 0 Å². The van der Waals surface area contributed by atoms with Gasteiger partial charge < -0.3 is 5.32 Å². The van der Waals surface area contributed by atoms with Crippen molar-refractivity contribution in [2.24, 2.45) is 0 Å². The average Bonchev–Trinajstić information content (AvgIpc) is 3.24. The summed E-state index contributed by atoms with van der Waals surface area (Å²) in [4.78, 5) is 15.1. The van der Waals surface area contributed by atoms with E-state index >= 15 is 0 Å². The fraction of sp³-hybridized carbons (Fsp3) is 0.733. The highest BCUT2D eigenvalue weighted by atomic mass is 15.4. The summed E-state index contributed by atoms with van der Waals surface area (Å²) in [7, 11) is 0. The predicted molar refractivity (Wildman–Crippen MR) is 75.3 cm³/mol. The summed E-state index contributed by atoms with van der Waals surface area (Å²) >= 11 is 0. The molecule has 4 aliphatic heterocycles. The van der Waals surface area contributed by atoms with Gasteiger partial charge in [-0.05, 0) is 12.8 Å². The van der Waals surface area contributed by atoms with Crippen LogP contribution < -0.4 is 5.32 Å². The molecule has 1 N–H and O–H groups in total. The lowest BCUT2D eigenvalue weighted by atomic mass is 10.1. The number of hydrogen-bond donors (Lipinski definition) is 1. The molecule has 1 saturated carbocycles. The van der Waals surface area contributed by atoms with E-state index in [1.165, 1.54) is 56.0 Å². The molecule has 4 fully saturated rings. The molecule has 1 aromatic rings. The molecule has 2 bridgehead atoms. The molecule has 1 aliphatic carbocycles. The van der Waals surface area contributed by atoms with Gasteiger partial charge in [-0.15, -0.1) is 0 Å². The van der Waals surface area contributed by atoms with E-state index < -0.39 is 0 Å². The Labute approximate surface area is 119 Å². The molecule has 1 unspecified atom stereocenters. The maximum atomic E-state index is 5.03. The van der Waals surface area contributed by atoms with Crippen LogP contribution in [0.3, 0.4) is 0 Å². The van der Waals surface area contributed by atoms with E-state index in [-0.39, 0.29) is 0 Å². The Hall–Kier alpha value is -1.04. The molecule has 0 aromatic carbocycles. The SMILES string of the molecule is C1NCc2c1nc(C1CN3CCN1CC3)nc2C1CC1. The van der Waals surface area contributed by atoms with Crippen LogP contribution in [0.15, 0.2) is 0 Å². The summed E-state index contributed by atoms with van der Waals surface area (Å²) in [6, 6.07) is 0.431. The molecule has 0 spiro atoms. The maximum absolute atomic E-state index is 5.03. The minimum atomic E-state index is 0.431. The number of aromatic nitrogens is 2. The highest BCUT2D eigenvalue weighted by molar-refractivity contribution is 5.34. The van der Waals surface area contributed by atoms with Gasteiger partial charge in [0, 0.05) is 57.3 Å². The van der Waals surface area contributed by atoms with Gasteiger partial charge in [0.1, 0.15) is 5.82 Å². The summed E-state index contributed by atoms with van der Waals surface area (Å²) in [5.74, 6) is 1.82. The number of rotatable bonds is 2. The van der Waals surface area contributed by atoms with Crippen molar-refractivity contribution in [1.29, 1.82) is 0 Å². The van der Waals surface area contributed by atoms with Crippen molar-refractivity contribution in [3.63, 3.8) is 0 Å². The molecule has 5 aliphatic rings. The standard InChI is InChI=1S/C15H21N5/c1-2-10(1)14-11-7-16-8-12(11)17-15(18-14)13-9-19-3-5-20(13)6-4-19/h10,13,16H,1-9H2. The third-order valence-electron chi connectivity index (χ3n) is 5.28. The number of fused-ring (bicyclic) bond motifs is 4. The van der Waals surface area contributed by atoms with Gasteiger partial charge in [0.05, 0.1) is 17.4 Å². The van der Waals surface area contributed by atoms with Crippen LogP contribution in [-0.4, -0.2) is 52.5 Å². The molecule has 6 rings (SSSR count). The van der Waals surface area contributed by atoms with E-state index in [2.05, 4.69) is 15.1 Å². The molecule has 1 aromatic heterocycles. The van der Waals surface area contributed by atoms with E-state index in [0.29, 0.717) is 6.04 Å². The Morgan fingerprint density at radius 3 is 2.55 bits per heavy atom. The Morgan fingerprint density at radius 1 is 1.00 bits per heavy atom. The van der Waals surface area contributed by atoms with E-state index in [4.69, 9.17) is 9.97 Å². The lowest BCUT2D eigenvalue weighted by molar-refractivity contribution is 0.00847. The molecular weight excluding hydrogens is 250 g/mol. The van der Waals surface area contributed by atoms with Crippen LogP contribution in [0.5, 0.6) is 0 Å². The van der Waals surface area contributed by atoms with Gasteiger partial charge in [0.15, 0.2) is 0 Å². The predicted octanol–water partition coefficient (Wildman–Crippen LogP) is 0.629. The van der Waals surface area contributed by atoms with Crippen LogP contribution in [-0.2, 0) is 13.1 Å². The first-order valence-corrected chi connectivity index (χ1v) is 7.95. The Kier molecular flexibility index (Phi) is 2.45. The van der Waals surface area contributed by atoms with Gasteiger partial charge in [-0.25, -0.2) is 9.97 Å². The minimum absolute atomic E-state index is 0.431. The highest BCUT2D eigenvalue weighted by Crippen LogP contribution is 2.42. The molecule has 106 valence electrons. The summed E-state index contributed by atoms with van der Waals surface area (Å²) < 4.78 is 0. The van der Waals surface area contributed by atoms with Gasteiger partial charge in [0.25, 0.3) is 0 Å². The normalized spacial score (nSPS) is 35.3. The largest absolute Gasteiger partial charge is 0.307 e. The average molecular weight is 271 g/mol. The third-order valence-corrected chi connectivity index (χ3v) is 5.28. The first-order chi connectivity index (χ1) is 9.88. The second-order valence-corrected chi connectivity index (χ2v) is 6.62. The Morgan fingerprint density at radius 2 is 1.85 bits per heavy atom. The third kappa shape index (κ3) is 1.73. The number of piperazine rings is 3. The van der Waals surface area contributed by atoms with Crippen LogP contribution in [0.1, 0.15) is 47.6 Å². The first-order valence-electron chi connectivity index (χ1n) is 7.95. The molecule has 0 radical (unpaired) electrons. The number of nitrogens with zero attached hydrogens (tertiary/aromatic N) is 4. The van der Waals surface area contributed by atoms with E-state index in [0.717, 1.165) is 31.4 Å². The first kappa shape index (κ1) is 11.6. The van der Waals surface area contributed by atoms with E-state index in [1.54, 1.807) is 0 Å². The second-order valence-electron chi connectivity index (χ2n) is 6.62. The summed E-state index contributed by atoms with van der Waals surface area (Å²) in [5, 5.41) is 3.45. The quantitative estimate of drug-likeness (QED) is 0.855. The fourth-order valence-corrected chi connectivity index (χ4v) is 3.92. The fourth-order valence-electron chi connectivity index (χ4n) is 3.92.